The first-order valence-corrected chi connectivity index (χ1v) is 9.42. The van der Waals surface area contributed by atoms with Crippen molar-refractivity contribution in [3.8, 4) is 0 Å². The number of nitrogens with one attached hydrogen (secondary N) is 1. The maximum atomic E-state index is 13.0. The van der Waals surface area contributed by atoms with E-state index in [0.717, 1.165) is 5.69 Å². The number of sulfonamides is 1. The van der Waals surface area contributed by atoms with Gasteiger partial charge < -0.3 is 15.0 Å². The Balaban J connectivity index is 1.82. The van der Waals surface area contributed by atoms with Gasteiger partial charge in [-0.25, -0.2) is 17.6 Å². The van der Waals surface area contributed by atoms with Gasteiger partial charge in [0.05, 0.1) is 12.4 Å². The highest BCUT2D eigenvalue weighted by Gasteiger charge is 2.26. The summed E-state index contributed by atoms with van der Waals surface area (Å²) >= 11 is 0. The molecule has 1 amide bonds. The van der Waals surface area contributed by atoms with Crippen LogP contribution < -0.4 is 10.2 Å². The number of benzene rings is 1. The molecule has 0 radical (unpaired) electrons. The van der Waals surface area contributed by atoms with Crippen LogP contribution in [0.3, 0.4) is 0 Å². The van der Waals surface area contributed by atoms with E-state index < -0.39 is 16.1 Å². The van der Waals surface area contributed by atoms with Gasteiger partial charge in [0.2, 0.25) is 10.0 Å². The van der Waals surface area contributed by atoms with E-state index in [4.69, 9.17) is 0 Å². The van der Waals surface area contributed by atoms with E-state index >= 15 is 0 Å². The molecule has 1 aliphatic heterocycles. The summed E-state index contributed by atoms with van der Waals surface area (Å²) in [6.07, 6.45) is -0.617. The molecule has 1 aliphatic rings. The van der Waals surface area contributed by atoms with Gasteiger partial charge in [-0.15, -0.1) is 0 Å². The summed E-state index contributed by atoms with van der Waals surface area (Å²) in [5, 5.41) is 2.41. The molecule has 1 saturated heterocycles. The Kier molecular flexibility index (Phi) is 6.38. The number of carbonyl (C=O) groups is 1. The number of ether oxygens (including phenoxy) is 1. The Morgan fingerprint density at radius 2 is 1.83 bits per heavy atom. The van der Waals surface area contributed by atoms with Crippen molar-refractivity contribution >= 4 is 21.8 Å². The molecule has 2 rings (SSSR count). The van der Waals surface area contributed by atoms with Gasteiger partial charge in [0.25, 0.3) is 0 Å². The number of anilines is 1. The maximum Gasteiger partial charge on any atom is 0.407 e. The summed E-state index contributed by atoms with van der Waals surface area (Å²) < 4.78 is 43.6. The van der Waals surface area contributed by atoms with Crippen LogP contribution in [0.1, 0.15) is 6.92 Å². The van der Waals surface area contributed by atoms with Gasteiger partial charge in [-0.3, -0.25) is 0 Å². The lowest BCUT2D eigenvalue weighted by molar-refractivity contribution is 0.153. The van der Waals surface area contributed by atoms with Gasteiger partial charge in [0.15, 0.2) is 0 Å². The predicted octanol–water partition coefficient (Wildman–Crippen LogP) is 1.02. The molecular formula is C15H22FN3O4S. The molecule has 0 aromatic heterocycles. The topological polar surface area (TPSA) is 78.9 Å². The summed E-state index contributed by atoms with van der Waals surface area (Å²) in [7, 11) is -3.43. The largest absolute Gasteiger partial charge is 0.450 e. The van der Waals surface area contributed by atoms with E-state index in [1.54, 1.807) is 19.1 Å². The first-order chi connectivity index (χ1) is 11.4. The number of hydrogen-bond donors (Lipinski definition) is 1. The summed E-state index contributed by atoms with van der Waals surface area (Å²) in [6, 6.07) is 6.14. The van der Waals surface area contributed by atoms with Crippen LogP contribution in [0, 0.1) is 5.82 Å². The van der Waals surface area contributed by atoms with E-state index in [2.05, 4.69) is 10.1 Å². The van der Waals surface area contributed by atoms with Crippen LogP contribution in [0.5, 0.6) is 0 Å². The first-order valence-electron chi connectivity index (χ1n) is 7.81. The van der Waals surface area contributed by atoms with Crippen molar-refractivity contribution in [2.24, 2.45) is 0 Å². The average molecular weight is 359 g/mol. The number of rotatable bonds is 6. The smallest absolute Gasteiger partial charge is 0.407 e. The highest BCUT2D eigenvalue weighted by molar-refractivity contribution is 7.89. The van der Waals surface area contributed by atoms with Gasteiger partial charge in [0.1, 0.15) is 5.82 Å². The second kappa shape index (κ2) is 8.29. The number of amides is 1. The summed E-state index contributed by atoms with van der Waals surface area (Å²) in [6.45, 7) is 3.73. The summed E-state index contributed by atoms with van der Waals surface area (Å²) in [5.74, 6) is -0.461. The molecule has 0 unspecified atom stereocenters. The molecule has 1 aromatic carbocycles. The molecule has 0 spiro atoms. The third-order valence-corrected chi connectivity index (χ3v) is 5.60. The highest BCUT2D eigenvalue weighted by atomic mass is 32.2. The minimum absolute atomic E-state index is 0.0132. The van der Waals surface area contributed by atoms with Crippen LogP contribution in [-0.4, -0.2) is 63.9 Å². The molecule has 24 heavy (non-hydrogen) atoms. The standard InChI is InChI=1S/C15H22FN3O4S/c1-2-23-15(20)17-7-12-24(21,22)19-10-8-18(9-11-19)14-5-3-13(16)4-6-14/h3-6H,2,7-12H2,1H3,(H,17,20). The van der Waals surface area contributed by atoms with E-state index in [1.165, 1.54) is 16.4 Å². The van der Waals surface area contributed by atoms with Gasteiger partial charge in [0, 0.05) is 38.4 Å². The average Bonchev–Trinajstić information content (AvgIpc) is 2.56. The van der Waals surface area contributed by atoms with Crippen molar-refractivity contribution in [3.05, 3.63) is 30.1 Å². The normalized spacial score (nSPS) is 16.0. The second-order valence-corrected chi connectivity index (χ2v) is 7.41. The van der Waals surface area contributed by atoms with Crippen molar-refractivity contribution in [2.45, 2.75) is 6.92 Å². The minimum atomic E-state index is -3.43. The van der Waals surface area contributed by atoms with Crippen LogP contribution in [0.2, 0.25) is 0 Å². The number of carbonyl (C=O) groups excluding carboxylic acids is 1. The Morgan fingerprint density at radius 3 is 2.42 bits per heavy atom. The van der Waals surface area contributed by atoms with Gasteiger partial charge in [-0.2, -0.15) is 4.31 Å². The fourth-order valence-electron chi connectivity index (χ4n) is 2.47. The van der Waals surface area contributed by atoms with E-state index in [1.807, 2.05) is 4.90 Å². The highest BCUT2D eigenvalue weighted by Crippen LogP contribution is 2.18. The molecule has 0 atom stereocenters. The molecule has 0 bridgehead atoms. The molecule has 9 heteroatoms. The predicted molar refractivity (Wildman–Crippen MR) is 89.0 cm³/mol. The molecule has 1 heterocycles. The summed E-state index contributed by atoms with van der Waals surface area (Å²) in [4.78, 5) is 13.2. The van der Waals surface area contributed by atoms with Gasteiger partial charge in [-0.05, 0) is 31.2 Å². The lowest BCUT2D eigenvalue weighted by Gasteiger charge is -2.35. The molecule has 134 valence electrons. The third kappa shape index (κ3) is 5.07. The molecule has 1 fully saturated rings. The van der Waals surface area contributed by atoms with Crippen molar-refractivity contribution < 1.29 is 22.3 Å². The number of halogens is 1. The zero-order valence-corrected chi connectivity index (χ0v) is 14.4. The zero-order valence-electron chi connectivity index (χ0n) is 13.6. The Bertz CT molecular complexity index is 643. The fraction of sp³-hybridized carbons (Fsp3) is 0.533. The first kappa shape index (κ1) is 18.5. The van der Waals surface area contributed by atoms with Crippen LogP contribution >= 0.6 is 0 Å². The third-order valence-electron chi connectivity index (χ3n) is 3.73. The van der Waals surface area contributed by atoms with Crippen molar-refractivity contribution in [1.29, 1.82) is 0 Å². The molecule has 1 aromatic rings. The van der Waals surface area contributed by atoms with Crippen LogP contribution in [-0.2, 0) is 14.8 Å². The van der Waals surface area contributed by atoms with Crippen LogP contribution in [0.25, 0.3) is 0 Å². The van der Waals surface area contributed by atoms with E-state index in [0.29, 0.717) is 26.2 Å². The van der Waals surface area contributed by atoms with Gasteiger partial charge in [-0.1, -0.05) is 0 Å². The number of alkyl carbamates (subject to hydrolysis) is 1. The van der Waals surface area contributed by atoms with E-state index in [-0.39, 0.29) is 24.7 Å². The number of piperazine rings is 1. The lowest BCUT2D eigenvalue weighted by Crippen LogP contribution is -2.50. The zero-order chi connectivity index (χ0) is 17.6. The van der Waals surface area contributed by atoms with Gasteiger partial charge >= 0.3 is 6.09 Å². The lowest BCUT2D eigenvalue weighted by atomic mass is 10.2. The minimum Gasteiger partial charge on any atom is -0.450 e. The van der Waals surface area contributed by atoms with Crippen molar-refractivity contribution in [2.75, 3.05) is 50.0 Å². The molecule has 7 nitrogen and oxygen atoms in total. The number of hydrogen-bond acceptors (Lipinski definition) is 5. The second-order valence-electron chi connectivity index (χ2n) is 5.33. The Hall–Kier alpha value is -1.87. The number of nitrogens with zero attached hydrogens (tertiary/aromatic N) is 2. The molecule has 1 N–H and O–H groups in total. The van der Waals surface area contributed by atoms with E-state index in [9.17, 15) is 17.6 Å². The molecule has 0 aliphatic carbocycles. The monoisotopic (exact) mass is 359 g/mol. The van der Waals surface area contributed by atoms with Crippen molar-refractivity contribution in [3.63, 3.8) is 0 Å². The molecular weight excluding hydrogens is 337 g/mol. The quantitative estimate of drug-likeness (QED) is 0.821. The Morgan fingerprint density at radius 1 is 1.21 bits per heavy atom. The SMILES string of the molecule is CCOC(=O)NCCS(=O)(=O)N1CCN(c2ccc(F)cc2)CC1. The van der Waals surface area contributed by atoms with Crippen molar-refractivity contribution in [1.82, 2.24) is 9.62 Å². The summed E-state index contributed by atoms with van der Waals surface area (Å²) in [5.41, 5.74) is 0.873. The maximum absolute atomic E-state index is 13.0. The fourth-order valence-corrected chi connectivity index (χ4v) is 3.81. The Labute approximate surface area is 141 Å². The molecule has 0 saturated carbocycles. The van der Waals surface area contributed by atoms with Crippen LogP contribution in [0.4, 0.5) is 14.9 Å². The van der Waals surface area contributed by atoms with Crippen LogP contribution in [0.15, 0.2) is 24.3 Å².